The van der Waals surface area contributed by atoms with Gasteiger partial charge in [-0.1, -0.05) is 35.9 Å². The van der Waals surface area contributed by atoms with Crippen molar-refractivity contribution in [3.8, 4) is 0 Å². The molecular weight excluding hydrogens is 278 g/mol. The second-order valence-corrected chi connectivity index (χ2v) is 5.03. The molecule has 0 fully saturated rings. The van der Waals surface area contributed by atoms with Crippen LogP contribution in [-0.4, -0.2) is 5.11 Å². The summed E-state index contributed by atoms with van der Waals surface area (Å²) >= 11 is 0. The third-order valence-corrected chi connectivity index (χ3v) is 3.34. The van der Waals surface area contributed by atoms with E-state index in [2.05, 4.69) is 5.32 Å². The smallest absolute Gasteiger partial charge is 0.347 e. The Morgan fingerprint density at radius 1 is 1.14 bits per heavy atom. The van der Waals surface area contributed by atoms with Crippen LogP contribution in [0.3, 0.4) is 0 Å². The van der Waals surface area contributed by atoms with Crippen molar-refractivity contribution in [1.82, 2.24) is 0 Å². The van der Waals surface area contributed by atoms with Crippen molar-refractivity contribution >= 4 is 22.4 Å². The van der Waals surface area contributed by atoms with Crippen LogP contribution < -0.4 is 10.9 Å². The highest BCUT2D eigenvalue weighted by atomic mass is 16.4. The fourth-order valence-corrected chi connectivity index (χ4v) is 2.12. The molecule has 22 heavy (non-hydrogen) atoms. The second-order valence-electron chi connectivity index (χ2n) is 5.03. The van der Waals surface area contributed by atoms with Crippen molar-refractivity contribution in [2.24, 2.45) is 0 Å². The molecule has 0 radical (unpaired) electrons. The molecule has 2 aromatic carbocycles. The molecule has 2 N–H and O–H groups in total. The summed E-state index contributed by atoms with van der Waals surface area (Å²) in [6, 6.07) is 16.5. The van der Waals surface area contributed by atoms with Crippen LogP contribution in [0.15, 0.2) is 70.0 Å². The fourth-order valence-electron chi connectivity index (χ4n) is 2.12. The summed E-state index contributed by atoms with van der Waals surface area (Å²) in [5.74, 6) is -0.167. The van der Waals surface area contributed by atoms with Gasteiger partial charge in [0.05, 0.1) is 0 Å². The average molecular weight is 293 g/mol. The van der Waals surface area contributed by atoms with Gasteiger partial charge in [0.15, 0.2) is 0 Å². The summed E-state index contributed by atoms with van der Waals surface area (Å²) in [7, 11) is 0. The lowest BCUT2D eigenvalue weighted by atomic mass is 10.1. The lowest BCUT2D eigenvalue weighted by Gasteiger charge is -2.04. The van der Waals surface area contributed by atoms with E-state index in [1.807, 2.05) is 43.3 Å². The van der Waals surface area contributed by atoms with Gasteiger partial charge in [-0.15, -0.1) is 0 Å². The number of aliphatic hydroxyl groups is 1. The lowest BCUT2D eigenvalue weighted by Crippen LogP contribution is -2.07. The van der Waals surface area contributed by atoms with E-state index in [1.54, 1.807) is 18.2 Å². The van der Waals surface area contributed by atoms with Crippen molar-refractivity contribution in [2.75, 3.05) is 5.32 Å². The normalized spacial score (nSPS) is 11.6. The van der Waals surface area contributed by atoms with Gasteiger partial charge in [-0.25, -0.2) is 4.79 Å². The first-order valence-corrected chi connectivity index (χ1v) is 6.89. The molecule has 0 saturated heterocycles. The van der Waals surface area contributed by atoms with Crippen LogP contribution in [0.2, 0.25) is 0 Å². The Kier molecular flexibility index (Phi) is 3.66. The monoisotopic (exact) mass is 293 g/mol. The van der Waals surface area contributed by atoms with E-state index in [4.69, 9.17) is 4.42 Å². The number of hydrogen-bond acceptors (Lipinski definition) is 4. The van der Waals surface area contributed by atoms with Crippen molar-refractivity contribution in [1.29, 1.82) is 0 Å². The molecule has 0 amide bonds. The number of anilines is 1. The van der Waals surface area contributed by atoms with Gasteiger partial charge in [0.2, 0.25) is 0 Å². The molecule has 4 heteroatoms. The third kappa shape index (κ3) is 2.86. The molecular formula is C18H15NO3. The predicted molar refractivity (Wildman–Crippen MR) is 87.9 cm³/mol. The molecule has 3 rings (SSSR count). The summed E-state index contributed by atoms with van der Waals surface area (Å²) in [6.07, 6.45) is 1.38. The summed E-state index contributed by atoms with van der Waals surface area (Å²) in [5.41, 5.74) is 2.02. The van der Waals surface area contributed by atoms with Crippen molar-refractivity contribution in [2.45, 2.75) is 6.92 Å². The summed E-state index contributed by atoms with van der Waals surface area (Å²) in [6.45, 7) is 2.00. The van der Waals surface area contributed by atoms with Crippen molar-refractivity contribution in [3.63, 3.8) is 0 Å². The highest BCUT2D eigenvalue weighted by molar-refractivity contribution is 5.79. The maximum Gasteiger partial charge on any atom is 0.347 e. The average Bonchev–Trinajstić information content (AvgIpc) is 2.53. The van der Waals surface area contributed by atoms with Crippen LogP contribution in [0, 0.1) is 6.92 Å². The number of fused-ring (bicyclic) bond motifs is 1. The van der Waals surface area contributed by atoms with Crippen molar-refractivity contribution in [3.05, 3.63) is 82.3 Å². The van der Waals surface area contributed by atoms with Crippen LogP contribution in [0.5, 0.6) is 0 Å². The summed E-state index contributed by atoms with van der Waals surface area (Å²) in [4.78, 5) is 11.9. The first kappa shape index (κ1) is 13.9. The summed E-state index contributed by atoms with van der Waals surface area (Å²) in [5, 5.41) is 13.8. The largest absolute Gasteiger partial charge is 0.506 e. The van der Waals surface area contributed by atoms with Gasteiger partial charge in [0.25, 0.3) is 0 Å². The van der Waals surface area contributed by atoms with Crippen molar-refractivity contribution < 1.29 is 9.52 Å². The zero-order valence-corrected chi connectivity index (χ0v) is 12.0. The molecule has 1 heterocycles. The Morgan fingerprint density at radius 2 is 1.86 bits per heavy atom. The van der Waals surface area contributed by atoms with E-state index in [1.165, 1.54) is 6.20 Å². The number of nitrogens with one attached hydrogen (secondary N) is 1. The molecule has 4 nitrogen and oxygen atoms in total. The maximum atomic E-state index is 11.9. The fraction of sp³-hybridized carbons (Fsp3) is 0.0556. The highest BCUT2D eigenvalue weighted by Crippen LogP contribution is 2.17. The van der Waals surface area contributed by atoms with Gasteiger partial charge in [0, 0.05) is 17.3 Å². The first-order valence-electron chi connectivity index (χ1n) is 6.89. The molecule has 1 aromatic heterocycles. The second kappa shape index (κ2) is 5.77. The highest BCUT2D eigenvalue weighted by Gasteiger charge is 2.08. The predicted octanol–water partition coefficient (Wildman–Crippen LogP) is 4.07. The van der Waals surface area contributed by atoms with E-state index in [0.717, 1.165) is 16.6 Å². The summed E-state index contributed by atoms with van der Waals surface area (Å²) < 4.78 is 5.20. The van der Waals surface area contributed by atoms with Crippen LogP contribution in [0.25, 0.3) is 16.7 Å². The molecule has 0 aliphatic carbocycles. The Labute approximate surface area is 127 Å². The van der Waals surface area contributed by atoms with E-state index in [9.17, 15) is 9.90 Å². The standard InChI is InChI=1S/C18H15NO3/c1-12-6-8-14(9-7-12)19-11-16(20)15-10-13-4-2-3-5-17(13)22-18(15)21/h2-11,19-20H,1H3/b16-11-. The Morgan fingerprint density at radius 3 is 2.64 bits per heavy atom. The quantitative estimate of drug-likeness (QED) is 0.564. The van der Waals surface area contributed by atoms with Crippen LogP contribution in [0.4, 0.5) is 5.69 Å². The SMILES string of the molecule is Cc1ccc(N/C=C(\O)c2cc3ccccc3oc2=O)cc1. The molecule has 0 aliphatic rings. The number of hydrogen-bond donors (Lipinski definition) is 2. The minimum Gasteiger partial charge on any atom is -0.506 e. The number of aryl methyl sites for hydroxylation is 1. The van der Waals surface area contributed by atoms with Gasteiger partial charge >= 0.3 is 5.63 Å². The lowest BCUT2D eigenvalue weighted by molar-refractivity contribution is 0.497. The van der Waals surface area contributed by atoms with Crippen LogP contribution >= 0.6 is 0 Å². The topological polar surface area (TPSA) is 62.5 Å². The minimum atomic E-state index is -0.571. The minimum absolute atomic E-state index is 0.123. The zero-order valence-electron chi connectivity index (χ0n) is 12.0. The Bertz CT molecular complexity index is 892. The van der Waals surface area contributed by atoms with E-state index in [-0.39, 0.29) is 11.3 Å². The number of aliphatic hydroxyl groups excluding tert-OH is 1. The number of rotatable bonds is 3. The van der Waals surface area contributed by atoms with E-state index >= 15 is 0 Å². The van der Waals surface area contributed by atoms with E-state index in [0.29, 0.717) is 5.58 Å². The number of benzene rings is 2. The third-order valence-electron chi connectivity index (χ3n) is 3.34. The molecule has 0 spiro atoms. The number of para-hydroxylation sites is 1. The Balaban J connectivity index is 1.92. The van der Waals surface area contributed by atoms with Gasteiger partial charge in [-0.3, -0.25) is 0 Å². The Hall–Kier alpha value is -3.01. The molecule has 0 unspecified atom stereocenters. The maximum absolute atomic E-state index is 11.9. The van der Waals surface area contributed by atoms with Gasteiger partial charge in [-0.05, 0) is 31.2 Å². The van der Waals surface area contributed by atoms with Gasteiger partial charge in [0.1, 0.15) is 16.9 Å². The van der Waals surface area contributed by atoms with Gasteiger partial charge < -0.3 is 14.8 Å². The molecule has 3 aromatic rings. The molecule has 0 atom stereocenters. The molecule has 0 aliphatic heterocycles. The van der Waals surface area contributed by atoms with Gasteiger partial charge in [-0.2, -0.15) is 0 Å². The molecule has 0 saturated carbocycles. The van der Waals surface area contributed by atoms with E-state index < -0.39 is 5.63 Å². The molecule has 0 bridgehead atoms. The van der Waals surface area contributed by atoms with Crippen LogP contribution in [0.1, 0.15) is 11.1 Å². The van der Waals surface area contributed by atoms with Crippen LogP contribution in [-0.2, 0) is 0 Å². The zero-order chi connectivity index (χ0) is 15.5. The first-order chi connectivity index (χ1) is 10.6. The molecule has 110 valence electrons.